The van der Waals surface area contributed by atoms with Crippen LogP contribution in [0.2, 0.25) is 0 Å². The third-order valence-corrected chi connectivity index (χ3v) is 4.51. The van der Waals surface area contributed by atoms with Crippen LogP contribution in [-0.4, -0.2) is 31.1 Å². The number of hydrogen-bond acceptors (Lipinski definition) is 6. The van der Waals surface area contributed by atoms with E-state index in [9.17, 15) is 14.4 Å². The summed E-state index contributed by atoms with van der Waals surface area (Å²) in [7, 11) is 1.44. The third-order valence-electron chi connectivity index (χ3n) is 4.51. The van der Waals surface area contributed by atoms with Crippen LogP contribution in [0.25, 0.3) is 6.08 Å². The van der Waals surface area contributed by atoms with E-state index in [-0.39, 0.29) is 5.75 Å². The van der Waals surface area contributed by atoms with Gasteiger partial charge in [0.1, 0.15) is 0 Å². The van der Waals surface area contributed by atoms with Crippen molar-refractivity contribution in [3.05, 3.63) is 95.6 Å². The number of methoxy groups -OCH3 is 1. The van der Waals surface area contributed by atoms with Gasteiger partial charge in [-0.1, -0.05) is 48.0 Å². The molecule has 0 heterocycles. The van der Waals surface area contributed by atoms with Crippen molar-refractivity contribution in [3.8, 4) is 11.5 Å². The van der Waals surface area contributed by atoms with Crippen LogP contribution in [-0.2, 0) is 14.4 Å². The van der Waals surface area contributed by atoms with Crippen LogP contribution in [0.1, 0.15) is 16.7 Å². The quantitative estimate of drug-likeness (QED) is 0.141. The van der Waals surface area contributed by atoms with E-state index >= 15 is 0 Å². The number of ether oxygens (including phenoxy) is 2. The average molecular weight is 457 g/mol. The highest BCUT2D eigenvalue weighted by Crippen LogP contribution is 2.27. The molecule has 2 amide bonds. The zero-order valence-electron chi connectivity index (χ0n) is 18.6. The van der Waals surface area contributed by atoms with Crippen LogP contribution in [0, 0.1) is 6.92 Å². The minimum absolute atomic E-state index is 0.226. The van der Waals surface area contributed by atoms with E-state index in [1.165, 1.54) is 19.4 Å². The molecule has 0 aromatic heterocycles. The zero-order valence-corrected chi connectivity index (χ0v) is 18.6. The van der Waals surface area contributed by atoms with Gasteiger partial charge >= 0.3 is 17.8 Å². The van der Waals surface area contributed by atoms with Crippen molar-refractivity contribution < 1.29 is 23.9 Å². The summed E-state index contributed by atoms with van der Waals surface area (Å²) in [5.41, 5.74) is 5.12. The molecule has 34 heavy (non-hydrogen) atoms. The topological polar surface area (TPSA) is 106 Å². The number of hydrazone groups is 1. The van der Waals surface area contributed by atoms with Gasteiger partial charge in [-0.15, -0.1) is 0 Å². The number of hydrogen-bond donors (Lipinski definition) is 2. The predicted molar refractivity (Wildman–Crippen MR) is 130 cm³/mol. The van der Waals surface area contributed by atoms with Crippen LogP contribution < -0.4 is 20.2 Å². The minimum atomic E-state index is -0.917. The lowest BCUT2D eigenvalue weighted by Gasteiger charge is -2.08. The maximum absolute atomic E-state index is 12.1. The molecule has 0 aliphatic carbocycles. The lowest BCUT2D eigenvalue weighted by Crippen LogP contribution is -2.32. The van der Waals surface area contributed by atoms with E-state index in [1.54, 1.807) is 36.4 Å². The van der Waals surface area contributed by atoms with Crippen molar-refractivity contribution in [3.63, 3.8) is 0 Å². The predicted octanol–water partition coefficient (Wildman–Crippen LogP) is 3.71. The van der Waals surface area contributed by atoms with Gasteiger partial charge in [-0.3, -0.25) is 9.59 Å². The summed E-state index contributed by atoms with van der Waals surface area (Å²) in [5, 5.41) is 6.27. The molecule has 8 nitrogen and oxygen atoms in total. The Bertz CT molecular complexity index is 1220. The number of carbonyl (C=O) groups excluding carboxylic acids is 3. The van der Waals surface area contributed by atoms with E-state index < -0.39 is 17.8 Å². The number of anilines is 1. The molecule has 0 spiro atoms. The fourth-order valence-corrected chi connectivity index (χ4v) is 2.76. The Labute approximate surface area is 196 Å². The molecule has 0 aliphatic rings. The molecule has 3 aromatic rings. The highest BCUT2D eigenvalue weighted by Gasteiger charge is 2.13. The van der Waals surface area contributed by atoms with Gasteiger partial charge in [-0.05, 0) is 54.5 Å². The van der Waals surface area contributed by atoms with Gasteiger partial charge < -0.3 is 14.8 Å². The van der Waals surface area contributed by atoms with Crippen LogP contribution in [0.5, 0.6) is 11.5 Å². The van der Waals surface area contributed by atoms with Crippen molar-refractivity contribution in [2.24, 2.45) is 5.10 Å². The number of amides is 2. The second kappa shape index (κ2) is 11.8. The molecule has 0 aliphatic heterocycles. The van der Waals surface area contributed by atoms with Gasteiger partial charge in [0.05, 0.1) is 13.3 Å². The Morgan fingerprint density at radius 2 is 1.59 bits per heavy atom. The molecule has 172 valence electrons. The summed E-state index contributed by atoms with van der Waals surface area (Å²) < 4.78 is 10.6. The summed E-state index contributed by atoms with van der Waals surface area (Å²) in [6.07, 6.45) is 4.30. The minimum Gasteiger partial charge on any atom is -0.493 e. The van der Waals surface area contributed by atoms with Gasteiger partial charge in [-0.2, -0.15) is 5.10 Å². The first-order valence-electron chi connectivity index (χ1n) is 10.3. The summed E-state index contributed by atoms with van der Waals surface area (Å²) in [5.74, 6) is -1.79. The van der Waals surface area contributed by atoms with Gasteiger partial charge in [0.15, 0.2) is 11.5 Å². The van der Waals surface area contributed by atoms with Crippen molar-refractivity contribution in [2.75, 3.05) is 12.4 Å². The van der Waals surface area contributed by atoms with E-state index in [2.05, 4.69) is 15.8 Å². The Hall–Kier alpha value is -4.72. The van der Waals surface area contributed by atoms with Crippen molar-refractivity contribution >= 4 is 35.8 Å². The van der Waals surface area contributed by atoms with Gasteiger partial charge in [0, 0.05) is 11.8 Å². The van der Waals surface area contributed by atoms with E-state index in [1.807, 2.05) is 49.4 Å². The molecule has 3 rings (SSSR count). The SMILES string of the molecule is COc1cc(/C=N\NC(=O)C(=O)Nc2ccc(C)cc2)ccc1OC(=O)/C=C/c1ccccc1. The molecule has 0 unspecified atom stereocenters. The standard InChI is InChI=1S/C26H23N3O5/c1-18-8-12-21(13-9-18)28-25(31)26(32)29-27-17-20-10-14-22(23(16-20)33-2)34-24(30)15-11-19-6-4-3-5-7-19/h3-17H,1-2H3,(H,28,31)(H,29,32)/b15-11+,27-17-. The first kappa shape index (κ1) is 23.9. The molecular weight excluding hydrogens is 434 g/mol. The number of nitrogens with one attached hydrogen (secondary N) is 2. The fourth-order valence-electron chi connectivity index (χ4n) is 2.76. The molecular formula is C26H23N3O5. The summed E-state index contributed by atoms with van der Waals surface area (Å²) in [6.45, 7) is 1.92. The number of aryl methyl sites for hydroxylation is 1. The third kappa shape index (κ3) is 7.16. The lowest BCUT2D eigenvalue weighted by atomic mass is 10.2. The van der Waals surface area contributed by atoms with E-state index in [4.69, 9.17) is 9.47 Å². The monoisotopic (exact) mass is 457 g/mol. The molecule has 3 aromatic carbocycles. The molecule has 2 N–H and O–H groups in total. The maximum atomic E-state index is 12.1. The van der Waals surface area contributed by atoms with Gasteiger partial charge in [0.25, 0.3) is 0 Å². The molecule has 0 fully saturated rings. The van der Waals surface area contributed by atoms with Crippen LogP contribution in [0.4, 0.5) is 5.69 Å². The van der Waals surface area contributed by atoms with Gasteiger partial charge in [0.2, 0.25) is 0 Å². The highest BCUT2D eigenvalue weighted by molar-refractivity contribution is 6.39. The summed E-state index contributed by atoms with van der Waals surface area (Å²) in [4.78, 5) is 36.0. The Morgan fingerprint density at radius 3 is 2.29 bits per heavy atom. The number of rotatable bonds is 7. The Morgan fingerprint density at radius 1 is 0.853 bits per heavy atom. The second-order valence-electron chi connectivity index (χ2n) is 7.09. The molecule has 0 radical (unpaired) electrons. The number of carbonyl (C=O) groups is 3. The molecule has 0 atom stereocenters. The fraction of sp³-hybridized carbons (Fsp3) is 0.0769. The normalized spacial score (nSPS) is 10.8. The maximum Gasteiger partial charge on any atom is 0.336 e. The number of benzene rings is 3. The summed E-state index contributed by atoms with van der Waals surface area (Å²) in [6, 6.07) is 21.1. The van der Waals surface area contributed by atoms with Crippen molar-refractivity contribution in [2.45, 2.75) is 6.92 Å². The van der Waals surface area contributed by atoms with Crippen LogP contribution in [0.15, 0.2) is 84.0 Å². The number of nitrogens with zero attached hydrogens (tertiary/aromatic N) is 1. The molecule has 0 saturated heterocycles. The molecule has 0 bridgehead atoms. The largest absolute Gasteiger partial charge is 0.493 e. The molecule has 0 saturated carbocycles. The van der Waals surface area contributed by atoms with Crippen LogP contribution >= 0.6 is 0 Å². The van der Waals surface area contributed by atoms with Crippen molar-refractivity contribution in [1.82, 2.24) is 5.43 Å². The smallest absolute Gasteiger partial charge is 0.336 e. The molecule has 8 heteroatoms. The number of esters is 1. The summed E-state index contributed by atoms with van der Waals surface area (Å²) >= 11 is 0. The first-order valence-corrected chi connectivity index (χ1v) is 10.3. The second-order valence-corrected chi connectivity index (χ2v) is 7.09. The Balaban J connectivity index is 1.56. The zero-order chi connectivity index (χ0) is 24.3. The highest BCUT2D eigenvalue weighted by atomic mass is 16.6. The van der Waals surface area contributed by atoms with E-state index in [0.717, 1.165) is 11.1 Å². The van der Waals surface area contributed by atoms with Crippen molar-refractivity contribution in [1.29, 1.82) is 0 Å². The first-order chi connectivity index (χ1) is 16.4. The van der Waals surface area contributed by atoms with E-state index in [0.29, 0.717) is 17.0 Å². The van der Waals surface area contributed by atoms with Crippen LogP contribution in [0.3, 0.4) is 0 Å². The average Bonchev–Trinajstić information content (AvgIpc) is 2.85. The Kier molecular flexibility index (Phi) is 8.29. The lowest BCUT2D eigenvalue weighted by molar-refractivity contribution is -0.136. The van der Waals surface area contributed by atoms with Gasteiger partial charge in [-0.25, -0.2) is 10.2 Å².